The Labute approximate surface area is 161 Å². The Hall–Kier alpha value is -1.72. The Balaban J connectivity index is 1.98. The maximum Gasteiger partial charge on any atom is 0.258 e. The van der Waals surface area contributed by atoms with E-state index < -0.39 is 0 Å². The van der Waals surface area contributed by atoms with Gasteiger partial charge in [-0.25, -0.2) is 0 Å². The first kappa shape index (κ1) is 19.6. The van der Waals surface area contributed by atoms with Gasteiger partial charge in [-0.3, -0.25) is 4.79 Å². The number of ether oxygens (including phenoxy) is 2. The average Bonchev–Trinajstić information content (AvgIpc) is 2.58. The Morgan fingerprint density at radius 1 is 1.24 bits per heavy atom. The fraction of sp³-hybridized carbons (Fsp3) is 0.316. The van der Waals surface area contributed by atoms with Gasteiger partial charge >= 0.3 is 0 Å². The lowest BCUT2D eigenvalue weighted by Gasteiger charge is -2.19. The molecule has 2 rings (SSSR count). The molecule has 1 amide bonds. The minimum atomic E-state index is -0.179. The first-order chi connectivity index (χ1) is 11.9. The highest BCUT2D eigenvalue weighted by Gasteiger charge is 2.15. The molecule has 4 nitrogen and oxygen atoms in total. The molecule has 0 aromatic heterocycles. The van der Waals surface area contributed by atoms with Crippen molar-refractivity contribution in [1.82, 2.24) is 5.32 Å². The third-order valence-corrected chi connectivity index (χ3v) is 4.67. The van der Waals surface area contributed by atoms with Crippen LogP contribution in [0.1, 0.15) is 30.5 Å². The Morgan fingerprint density at radius 3 is 2.56 bits per heavy atom. The van der Waals surface area contributed by atoms with Crippen molar-refractivity contribution in [3.8, 4) is 11.5 Å². The second kappa shape index (κ2) is 9.11. The van der Waals surface area contributed by atoms with Crippen molar-refractivity contribution in [2.45, 2.75) is 26.3 Å². The Morgan fingerprint density at radius 2 is 1.96 bits per heavy atom. The molecule has 0 aliphatic carbocycles. The van der Waals surface area contributed by atoms with E-state index in [4.69, 9.17) is 21.1 Å². The number of amides is 1. The molecule has 0 heterocycles. The quantitative estimate of drug-likeness (QED) is 0.673. The van der Waals surface area contributed by atoms with E-state index in [0.29, 0.717) is 15.2 Å². The van der Waals surface area contributed by atoms with Gasteiger partial charge in [-0.2, -0.15) is 0 Å². The van der Waals surface area contributed by atoms with Crippen LogP contribution in [0.2, 0.25) is 5.02 Å². The van der Waals surface area contributed by atoms with Crippen molar-refractivity contribution in [1.29, 1.82) is 0 Å². The lowest BCUT2D eigenvalue weighted by molar-refractivity contribution is -0.123. The lowest BCUT2D eigenvalue weighted by Crippen LogP contribution is -2.32. The Kier molecular flexibility index (Phi) is 7.14. The number of halogens is 2. The number of rotatable bonds is 7. The second-order valence-electron chi connectivity index (χ2n) is 5.62. The van der Waals surface area contributed by atoms with Gasteiger partial charge in [0.25, 0.3) is 5.91 Å². The second-order valence-corrected chi connectivity index (χ2v) is 6.91. The van der Waals surface area contributed by atoms with Gasteiger partial charge in [0, 0.05) is 5.02 Å². The van der Waals surface area contributed by atoms with Crippen LogP contribution in [0.3, 0.4) is 0 Å². The summed E-state index contributed by atoms with van der Waals surface area (Å²) in [5, 5.41) is 3.60. The van der Waals surface area contributed by atoms with Gasteiger partial charge < -0.3 is 14.8 Å². The summed E-state index contributed by atoms with van der Waals surface area (Å²) in [7, 11) is 1.65. The van der Waals surface area contributed by atoms with Gasteiger partial charge in [0.15, 0.2) is 6.61 Å². The van der Waals surface area contributed by atoms with Gasteiger partial charge in [-0.15, -0.1) is 0 Å². The monoisotopic (exact) mass is 425 g/mol. The highest BCUT2D eigenvalue weighted by Crippen LogP contribution is 2.28. The molecule has 0 radical (unpaired) electrons. The number of methoxy groups -OCH3 is 1. The molecule has 1 atom stereocenters. The van der Waals surface area contributed by atoms with Crippen molar-refractivity contribution in [3.63, 3.8) is 0 Å². The van der Waals surface area contributed by atoms with Gasteiger partial charge in [0.05, 0.1) is 17.6 Å². The maximum atomic E-state index is 12.2. The molecule has 2 aromatic carbocycles. The minimum absolute atomic E-state index is 0.0636. The van der Waals surface area contributed by atoms with Crippen LogP contribution in [-0.4, -0.2) is 19.6 Å². The minimum Gasteiger partial charge on any atom is -0.496 e. The molecule has 134 valence electrons. The summed E-state index contributed by atoms with van der Waals surface area (Å²) >= 11 is 9.26. The molecule has 0 aliphatic heterocycles. The number of nitrogens with one attached hydrogen (secondary N) is 1. The maximum absolute atomic E-state index is 12.2. The first-order valence-electron chi connectivity index (χ1n) is 7.96. The predicted octanol–water partition coefficient (Wildman–Crippen LogP) is 5.07. The molecule has 0 saturated carbocycles. The van der Waals surface area contributed by atoms with Crippen molar-refractivity contribution in [2.75, 3.05) is 13.7 Å². The van der Waals surface area contributed by atoms with E-state index in [1.807, 2.05) is 32.0 Å². The molecule has 0 saturated heterocycles. The fourth-order valence-electron chi connectivity index (χ4n) is 2.51. The third kappa shape index (κ3) is 5.38. The summed E-state index contributed by atoms with van der Waals surface area (Å²) in [4.78, 5) is 12.2. The number of carbonyl (C=O) groups is 1. The molecule has 2 aromatic rings. The zero-order valence-corrected chi connectivity index (χ0v) is 16.8. The summed E-state index contributed by atoms with van der Waals surface area (Å²) in [5.74, 6) is 1.23. The van der Waals surface area contributed by atoms with Crippen LogP contribution in [0.5, 0.6) is 11.5 Å². The van der Waals surface area contributed by atoms with Gasteiger partial charge in [-0.05, 0) is 64.7 Å². The molecule has 1 N–H and O–H groups in total. The summed E-state index contributed by atoms with van der Waals surface area (Å²) in [6, 6.07) is 11.0. The van der Waals surface area contributed by atoms with E-state index in [1.165, 1.54) is 0 Å². The topological polar surface area (TPSA) is 47.6 Å². The summed E-state index contributed by atoms with van der Waals surface area (Å²) in [6.45, 7) is 3.95. The van der Waals surface area contributed by atoms with E-state index in [0.717, 1.165) is 23.3 Å². The zero-order chi connectivity index (χ0) is 18.4. The van der Waals surface area contributed by atoms with Crippen LogP contribution in [0.4, 0.5) is 0 Å². The zero-order valence-electron chi connectivity index (χ0n) is 14.4. The summed E-state index contributed by atoms with van der Waals surface area (Å²) < 4.78 is 11.6. The smallest absolute Gasteiger partial charge is 0.258 e. The van der Waals surface area contributed by atoms with Crippen LogP contribution in [0.15, 0.2) is 40.9 Å². The van der Waals surface area contributed by atoms with Gasteiger partial charge in [0.1, 0.15) is 11.5 Å². The van der Waals surface area contributed by atoms with Crippen LogP contribution < -0.4 is 14.8 Å². The largest absolute Gasteiger partial charge is 0.496 e. The van der Waals surface area contributed by atoms with Crippen molar-refractivity contribution in [3.05, 3.63) is 57.0 Å². The number of hydrogen-bond acceptors (Lipinski definition) is 3. The molecular formula is C19H21BrClNO3. The summed E-state index contributed by atoms with van der Waals surface area (Å²) in [5.41, 5.74) is 2.08. The summed E-state index contributed by atoms with van der Waals surface area (Å²) in [6.07, 6.45) is 0.780. The number of aryl methyl sites for hydroxylation is 1. The molecule has 0 bridgehead atoms. The van der Waals surface area contributed by atoms with E-state index in [1.54, 1.807) is 25.3 Å². The first-order valence-corrected chi connectivity index (χ1v) is 9.13. The van der Waals surface area contributed by atoms with E-state index in [-0.39, 0.29) is 18.6 Å². The van der Waals surface area contributed by atoms with Gasteiger partial charge in [-0.1, -0.05) is 30.7 Å². The third-order valence-electron chi connectivity index (χ3n) is 3.82. The highest BCUT2D eigenvalue weighted by molar-refractivity contribution is 9.10. The van der Waals surface area contributed by atoms with Crippen LogP contribution in [0, 0.1) is 6.92 Å². The SMILES string of the molecule is CC[C@@H](NC(=O)COc1ccc(Cl)cc1Br)c1ccc(OC)c(C)c1. The van der Waals surface area contributed by atoms with Crippen molar-refractivity contribution >= 4 is 33.4 Å². The number of carbonyl (C=O) groups excluding carboxylic acids is 1. The molecule has 25 heavy (non-hydrogen) atoms. The Bertz CT molecular complexity index is 751. The van der Waals surface area contributed by atoms with E-state index >= 15 is 0 Å². The van der Waals surface area contributed by atoms with Crippen molar-refractivity contribution in [2.24, 2.45) is 0 Å². The molecular weight excluding hydrogens is 406 g/mol. The van der Waals surface area contributed by atoms with E-state index in [9.17, 15) is 4.79 Å². The van der Waals surface area contributed by atoms with Crippen LogP contribution >= 0.6 is 27.5 Å². The molecule has 6 heteroatoms. The molecule has 0 unspecified atom stereocenters. The standard InChI is InChI=1S/C19H21BrClNO3/c1-4-16(13-5-7-17(24-3)12(2)9-13)22-19(23)11-25-18-8-6-14(21)10-15(18)20/h5-10,16H,4,11H2,1-3H3,(H,22,23)/t16-/m1/s1. The van der Waals surface area contributed by atoms with Gasteiger partial charge in [0.2, 0.25) is 0 Å². The predicted molar refractivity (Wildman–Crippen MR) is 104 cm³/mol. The fourth-order valence-corrected chi connectivity index (χ4v) is 3.31. The van der Waals surface area contributed by atoms with Crippen LogP contribution in [0.25, 0.3) is 0 Å². The highest BCUT2D eigenvalue weighted by atomic mass is 79.9. The average molecular weight is 427 g/mol. The van der Waals surface area contributed by atoms with Crippen LogP contribution in [-0.2, 0) is 4.79 Å². The lowest BCUT2D eigenvalue weighted by atomic mass is 10.0. The van der Waals surface area contributed by atoms with E-state index in [2.05, 4.69) is 21.2 Å². The normalized spacial score (nSPS) is 11.7. The number of hydrogen-bond donors (Lipinski definition) is 1. The molecule has 0 spiro atoms. The molecule has 0 aliphatic rings. The molecule has 0 fully saturated rings. The number of benzene rings is 2. The van der Waals surface area contributed by atoms with Crippen molar-refractivity contribution < 1.29 is 14.3 Å².